The van der Waals surface area contributed by atoms with Gasteiger partial charge in [-0.1, -0.05) is 25.5 Å². The van der Waals surface area contributed by atoms with Gasteiger partial charge in [-0.3, -0.25) is 0 Å². The summed E-state index contributed by atoms with van der Waals surface area (Å²) in [5.74, 6) is 2.77. The van der Waals surface area contributed by atoms with Crippen molar-refractivity contribution in [1.29, 1.82) is 0 Å². The molecular weight excluding hydrogens is 322 g/mol. The van der Waals surface area contributed by atoms with Crippen LogP contribution in [0.15, 0.2) is 24.3 Å². The zero-order valence-corrected chi connectivity index (χ0v) is 16.1. The van der Waals surface area contributed by atoms with E-state index in [0.717, 1.165) is 49.0 Å². The minimum absolute atomic E-state index is 0.158. The van der Waals surface area contributed by atoms with Gasteiger partial charge in [0.15, 0.2) is 0 Å². The quantitative estimate of drug-likeness (QED) is 0.586. The number of hydrogen-bond acceptors (Lipinski definition) is 3. The zero-order chi connectivity index (χ0) is 18.4. The van der Waals surface area contributed by atoms with E-state index in [4.69, 9.17) is 0 Å². The van der Waals surface area contributed by atoms with Crippen LogP contribution in [0.1, 0.15) is 69.8 Å². The standard InChI is InChI=1S/C23H33NO2/c1-2-18-14-20(15-18)16-19-9-11-24(12-10-19)23-7-5-21(6-8-23)22(17-26)4-3-13-25/h5-8,13,17-20,22H,2-4,9-12,14-16H2,1H3. The van der Waals surface area contributed by atoms with Crippen LogP contribution in [0.5, 0.6) is 0 Å². The molecular formula is C23H33NO2. The zero-order valence-electron chi connectivity index (χ0n) is 16.1. The van der Waals surface area contributed by atoms with Crippen LogP contribution in [0, 0.1) is 17.8 Å². The van der Waals surface area contributed by atoms with Gasteiger partial charge < -0.3 is 14.5 Å². The number of aldehydes is 2. The van der Waals surface area contributed by atoms with Crippen LogP contribution >= 0.6 is 0 Å². The lowest BCUT2D eigenvalue weighted by Crippen LogP contribution is -2.35. The van der Waals surface area contributed by atoms with E-state index in [9.17, 15) is 9.59 Å². The third-order valence-corrected chi connectivity index (χ3v) is 6.64. The highest BCUT2D eigenvalue weighted by Crippen LogP contribution is 2.41. The van der Waals surface area contributed by atoms with Gasteiger partial charge in [0.05, 0.1) is 0 Å². The number of nitrogens with zero attached hydrogens (tertiary/aromatic N) is 1. The van der Waals surface area contributed by atoms with Crippen LogP contribution in [-0.4, -0.2) is 25.7 Å². The van der Waals surface area contributed by atoms with Crippen LogP contribution in [-0.2, 0) is 9.59 Å². The molecule has 3 heteroatoms. The Morgan fingerprint density at radius 2 is 1.73 bits per heavy atom. The van der Waals surface area contributed by atoms with Crippen LogP contribution in [0.4, 0.5) is 5.69 Å². The summed E-state index contributed by atoms with van der Waals surface area (Å²) in [6.07, 6.45) is 11.3. The second-order valence-corrected chi connectivity index (χ2v) is 8.36. The summed E-state index contributed by atoms with van der Waals surface area (Å²) in [6, 6.07) is 8.41. The molecule has 1 aromatic rings. The normalized spacial score (nSPS) is 24.7. The van der Waals surface area contributed by atoms with Gasteiger partial charge in [-0.2, -0.15) is 0 Å². The van der Waals surface area contributed by atoms with Gasteiger partial charge in [-0.25, -0.2) is 0 Å². The Labute approximate surface area is 158 Å². The number of rotatable bonds is 9. The second kappa shape index (κ2) is 9.34. The predicted octanol–water partition coefficient (Wildman–Crippen LogP) is 4.99. The summed E-state index contributed by atoms with van der Waals surface area (Å²) < 4.78 is 0. The lowest BCUT2D eigenvalue weighted by atomic mass is 9.69. The average Bonchev–Trinajstić information content (AvgIpc) is 2.66. The summed E-state index contributed by atoms with van der Waals surface area (Å²) in [6.45, 7) is 4.62. The number of anilines is 1. The molecule has 1 saturated heterocycles. The molecule has 1 aliphatic heterocycles. The molecule has 1 heterocycles. The molecule has 0 amide bonds. The summed E-state index contributed by atoms with van der Waals surface area (Å²) in [5.41, 5.74) is 2.29. The topological polar surface area (TPSA) is 37.4 Å². The summed E-state index contributed by atoms with van der Waals surface area (Å²) >= 11 is 0. The third-order valence-electron chi connectivity index (χ3n) is 6.64. The molecule has 1 aliphatic carbocycles. The van der Waals surface area contributed by atoms with Crippen molar-refractivity contribution < 1.29 is 9.59 Å². The highest BCUT2D eigenvalue weighted by atomic mass is 16.1. The van der Waals surface area contributed by atoms with Crippen molar-refractivity contribution in [2.24, 2.45) is 17.8 Å². The highest BCUT2D eigenvalue weighted by molar-refractivity contribution is 5.64. The number of hydrogen-bond donors (Lipinski definition) is 0. The second-order valence-electron chi connectivity index (χ2n) is 8.36. The van der Waals surface area contributed by atoms with E-state index in [1.807, 2.05) is 0 Å². The molecule has 1 unspecified atom stereocenters. The molecule has 142 valence electrons. The fourth-order valence-electron chi connectivity index (χ4n) is 4.79. The van der Waals surface area contributed by atoms with Gasteiger partial charge in [0.25, 0.3) is 0 Å². The molecule has 0 aromatic heterocycles. The highest BCUT2D eigenvalue weighted by Gasteiger charge is 2.30. The number of carbonyl (C=O) groups is 2. The molecule has 3 rings (SSSR count). The molecule has 0 N–H and O–H groups in total. The van der Waals surface area contributed by atoms with Crippen LogP contribution in [0.2, 0.25) is 0 Å². The first-order valence-corrected chi connectivity index (χ1v) is 10.5. The SMILES string of the molecule is CCC1CC(CC2CCN(c3ccc(C(C=O)CCC=O)cc3)CC2)C1. The Morgan fingerprint density at radius 1 is 1.04 bits per heavy atom. The summed E-state index contributed by atoms with van der Waals surface area (Å²) in [7, 11) is 0. The number of carbonyl (C=O) groups excluding carboxylic acids is 2. The maximum Gasteiger partial charge on any atom is 0.127 e. The van der Waals surface area contributed by atoms with E-state index in [1.54, 1.807) is 0 Å². The maximum atomic E-state index is 11.3. The molecule has 2 fully saturated rings. The van der Waals surface area contributed by atoms with E-state index >= 15 is 0 Å². The molecule has 0 bridgehead atoms. The van der Waals surface area contributed by atoms with Crippen molar-refractivity contribution in [3.8, 4) is 0 Å². The van der Waals surface area contributed by atoms with Crippen molar-refractivity contribution >= 4 is 18.3 Å². The molecule has 1 aromatic carbocycles. The Bertz CT molecular complexity index is 568. The maximum absolute atomic E-state index is 11.3. The molecule has 1 saturated carbocycles. The Hall–Kier alpha value is -1.64. The molecule has 3 nitrogen and oxygen atoms in total. The fourth-order valence-corrected chi connectivity index (χ4v) is 4.79. The molecule has 0 spiro atoms. The number of piperidine rings is 1. The van der Waals surface area contributed by atoms with Gasteiger partial charge in [-0.15, -0.1) is 0 Å². The molecule has 0 radical (unpaired) electrons. The van der Waals surface area contributed by atoms with Gasteiger partial charge in [0.1, 0.15) is 12.6 Å². The van der Waals surface area contributed by atoms with E-state index in [0.29, 0.717) is 12.8 Å². The first kappa shape index (κ1) is 19.1. The van der Waals surface area contributed by atoms with Gasteiger partial charge in [-0.05, 0) is 74.0 Å². The fraction of sp³-hybridized carbons (Fsp3) is 0.652. The van der Waals surface area contributed by atoms with E-state index in [1.165, 1.54) is 44.2 Å². The first-order valence-electron chi connectivity index (χ1n) is 10.5. The minimum Gasteiger partial charge on any atom is -0.372 e. The first-order chi connectivity index (χ1) is 12.7. The van der Waals surface area contributed by atoms with Crippen molar-refractivity contribution in [1.82, 2.24) is 0 Å². The van der Waals surface area contributed by atoms with Crippen LogP contribution < -0.4 is 4.90 Å². The molecule has 2 aliphatic rings. The predicted molar refractivity (Wildman–Crippen MR) is 107 cm³/mol. The van der Waals surface area contributed by atoms with Crippen molar-refractivity contribution in [2.45, 2.75) is 64.2 Å². The van der Waals surface area contributed by atoms with Crippen molar-refractivity contribution in [2.75, 3.05) is 18.0 Å². The van der Waals surface area contributed by atoms with Crippen molar-refractivity contribution in [3.05, 3.63) is 29.8 Å². The van der Waals surface area contributed by atoms with Crippen LogP contribution in [0.25, 0.3) is 0 Å². The van der Waals surface area contributed by atoms with Gasteiger partial charge in [0.2, 0.25) is 0 Å². The molecule has 1 atom stereocenters. The Morgan fingerprint density at radius 3 is 2.31 bits per heavy atom. The Kier molecular flexibility index (Phi) is 6.87. The van der Waals surface area contributed by atoms with E-state index < -0.39 is 0 Å². The average molecular weight is 356 g/mol. The smallest absolute Gasteiger partial charge is 0.127 e. The lowest BCUT2D eigenvalue weighted by molar-refractivity contribution is -0.109. The summed E-state index contributed by atoms with van der Waals surface area (Å²) in [5, 5.41) is 0. The van der Waals surface area contributed by atoms with E-state index in [2.05, 4.69) is 36.1 Å². The monoisotopic (exact) mass is 355 g/mol. The minimum atomic E-state index is -0.158. The third kappa shape index (κ3) is 4.75. The summed E-state index contributed by atoms with van der Waals surface area (Å²) in [4.78, 5) is 24.3. The Balaban J connectivity index is 1.47. The molecule has 26 heavy (non-hydrogen) atoms. The van der Waals surface area contributed by atoms with Gasteiger partial charge >= 0.3 is 0 Å². The van der Waals surface area contributed by atoms with E-state index in [-0.39, 0.29) is 5.92 Å². The van der Waals surface area contributed by atoms with Crippen molar-refractivity contribution in [3.63, 3.8) is 0 Å². The lowest BCUT2D eigenvalue weighted by Gasteiger charge is -2.40. The van der Waals surface area contributed by atoms with Gasteiger partial charge in [0, 0.05) is 31.1 Å². The van der Waals surface area contributed by atoms with Crippen LogP contribution in [0.3, 0.4) is 0 Å². The number of benzene rings is 1. The largest absolute Gasteiger partial charge is 0.372 e.